The third-order valence-corrected chi connectivity index (χ3v) is 3.07. The molecule has 2 heterocycles. The Morgan fingerprint density at radius 2 is 2.17 bits per heavy atom. The molecule has 1 fully saturated rings. The van der Waals surface area contributed by atoms with Crippen LogP contribution in [0, 0.1) is 0 Å². The molecule has 1 aromatic carbocycles. The van der Waals surface area contributed by atoms with Crippen LogP contribution in [0.4, 0.5) is 0 Å². The summed E-state index contributed by atoms with van der Waals surface area (Å²) in [7, 11) is 0. The highest BCUT2D eigenvalue weighted by Crippen LogP contribution is 2.12. The molecule has 1 atom stereocenters. The zero-order chi connectivity index (χ0) is 12.4. The Kier molecular flexibility index (Phi) is 2.80. The molecule has 0 radical (unpaired) electrons. The fourth-order valence-corrected chi connectivity index (χ4v) is 2.16. The number of carbonyl (C=O) groups excluding carboxylic acids is 1. The number of benzene rings is 1. The van der Waals surface area contributed by atoms with Crippen LogP contribution in [-0.4, -0.2) is 26.9 Å². The van der Waals surface area contributed by atoms with E-state index in [1.165, 1.54) is 0 Å². The van der Waals surface area contributed by atoms with Crippen LogP contribution in [0.15, 0.2) is 36.5 Å². The van der Waals surface area contributed by atoms with Gasteiger partial charge in [0.1, 0.15) is 0 Å². The van der Waals surface area contributed by atoms with E-state index < -0.39 is 0 Å². The lowest BCUT2D eigenvalue weighted by Gasteiger charge is -2.06. The van der Waals surface area contributed by atoms with Crippen LogP contribution in [0.25, 0.3) is 5.69 Å². The lowest BCUT2D eigenvalue weighted by Crippen LogP contribution is -2.27. The molecule has 1 aromatic heterocycles. The Morgan fingerprint density at radius 3 is 2.89 bits per heavy atom. The van der Waals surface area contributed by atoms with Gasteiger partial charge in [-0.1, -0.05) is 18.2 Å². The van der Waals surface area contributed by atoms with E-state index in [1.807, 2.05) is 30.3 Å². The molecular formula is C13H14N4O. The van der Waals surface area contributed by atoms with Crippen LogP contribution >= 0.6 is 0 Å². The maximum Gasteiger partial charge on any atom is 0.220 e. The molecule has 1 aliphatic rings. The molecule has 1 aliphatic heterocycles. The van der Waals surface area contributed by atoms with Crippen molar-refractivity contribution in [3.63, 3.8) is 0 Å². The predicted octanol–water partition coefficient (Wildman–Crippen LogP) is 1.09. The molecule has 3 rings (SSSR count). The van der Waals surface area contributed by atoms with Gasteiger partial charge >= 0.3 is 0 Å². The Labute approximate surface area is 105 Å². The summed E-state index contributed by atoms with van der Waals surface area (Å²) in [6, 6.07) is 9.99. The summed E-state index contributed by atoms with van der Waals surface area (Å²) in [4.78, 5) is 12.7. The van der Waals surface area contributed by atoms with Crippen molar-refractivity contribution < 1.29 is 4.79 Å². The molecule has 1 unspecified atom stereocenters. The summed E-state index contributed by atoms with van der Waals surface area (Å²) in [5.41, 5.74) is 1.85. The van der Waals surface area contributed by atoms with Crippen molar-refractivity contribution in [2.45, 2.75) is 25.3 Å². The quantitative estimate of drug-likeness (QED) is 0.876. The first-order valence-corrected chi connectivity index (χ1v) is 6.07. The molecule has 92 valence electrons. The summed E-state index contributed by atoms with van der Waals surface area (Å²) in [6.07, 6.45) is 4.02. The number of amides is 1. The van der Waals surface area contributed by atoms with Crippen LogP contribution in [0.5, 0.6) is 0 Å². The average molecular weight is 242 g/mol. The van der Waals surface area contributed by atoms with Crippen LogP contribution < -0.4 is 5.32 Å². The van der Waals surface area contributed by atoms with Gasteiger partial charge < -0.3 is 5.32 Å². The Bertz CT molecular complexity index is 549. The summed E-state index contributed by atoms with van der Waals surface area (Å²) < 4.78 is 0. The van der Waals surface area contributed by atoms with Crippen LogP contribution in [0.1, 0.15) is 18.5 Å². The average Bonchev–Trinajstić information content (AvgIpc) is 3.01. The van der Waals surface area contributed by atoms with Crippen molar-refractivity contribution in [2.24, 2.45) is 0 Å². The number of rotatable bonds is 3. The van der Waals surface area contributed by atoms with E-state index in [0.29, 0.717) is 6.42 Å². The molecule has 0 spiro atoms. The van der Waals surface area contributed by atoms with Gasteiger partial charge in [0, 0.05) is 18.9 Å². The standard InChI is InChI=1S/C13H14N4O/c18-13-7-6-10(15-13)8-11-9-14-17(16-11)12-4-2-1-3-5-12/h1-5,9-10H,6-8H2,(H,15,18). The number of aromatic nitrogens is 3. The highest BCUT2D eigenvalue weighted by atomic mass is 16.1. The highest BCUT2D eigenvalue weighted by Gasteiger charge is 2.21. The maximum absolute atomic E-state index is 11.1. The molecule has 0 aliphatic carbocycles. The van der Waals surface area contributed by atoms with E-state index in [0.717, 1.165) is 24.2 Å². The van der Waals surface area contributed by atoms with E-state index in [4.69, 9.17) is 0 Å². The normalized spacial score (nSPS) is 18.9. The first-order valence-electron chi connectivity index (χ1n) is 6.07. The zero-order valence-electron chi connectivity index (χ0n) is 9.91. The highest BCUT2D eigenvalue weighted by molar-refractivity contribution is 5.78. The fourth-order valence-electron chi connectivity index (χ4n) is 2.16. The van der Waals surface area contributed by atoms with E-state index in [2.05, 4.69) is 15.5 Å². The van der Waals surface area contributed by atoms with Crippen molar-refractivity contribution in [1.82, 2.24) is 20.3 Å². The number of carbonyl (C=O) groups is 1. The molecule has 5 heteroatoms. The van der Waals surface area contributed by atoms with Crippen LogP contribution in [0.2, 0.25) is 0 Å². The first-order chi connectivity index (χ1) is 8.81. The topological polar surface area (TPSA) is 59.8 Å². The lowest BCUT2D eigenvalue weighted by molar-refractivity contribution is -0.119. The van der Waals surface area contributed by atoms with Gasteiger partial charge in [-0.2, -0.15) is 15.0 Å². The third-order valence-electron chi connectivity index (χ3n) is 3.07. The fraction of sp³-hybridized carbons (Fsp3) is 0.308. The number of nitrogens with zero attached hydrogens (tertiary/aromatic N) is 3. The Morgan fingerprint density at radius 1 is 1.33 bits per heavy atom. The minimum Gasteiger partial charge on any atom is -0.353 e. The smallest absolute Gasteiger partial charge is 0.220 e. The monoisotopic (exact) mass is 242 g/mol. The van der Waals surface area contributed by atoms with Crippen molar-refractivity contribution in [1.29, 1.82) is 0 Å². The Balaban J connectivity index is 1.72. The summed E-state index contributed by atoms with van der Waals surface area (Å²) in [6.45, 7) is 0. The van der Waals surface area contributed by atoms with Gasteiger partial charge in [-0.15, -0.1) is 0 Å². The van der Waals surface area contributed by atoms with Gasteiger partial charge in [-0.25, -0.2) is 0 Å². The molecule has 5 nitrogen and oxygen atoms in total. The molecular weight excluding hydrogens is 228 g/mol. The Hall–Kier alpha value is -2.17. The lowest BCUT2D eigenvalue weighted by atomic mass is 10.1. The SMILES string of the molecule is O=C1CCC(Cc2cnn(-c3ccccc3)n2)N1. The third kappa shape index (κ3) is 2.25. The summed E-state index contributed by atoms with van der Waals surface area (Å²) >= 11 is 0. The van der Waals surface area contributed by atoms with Crippen molar-refractivity contribution in [3.05, 3.63) is 42.2 Å². The number of hydrogen-bond donors (Lipinski definition) is 1. The van der Waals surface area contributed by atoms with E-state index >= 15 is 0 Å². The molecule has 1 N–H and O–H groups in total. The van der Waals surface area contributed by atoms with Gasteiger partial charge in [-0.3, -0.25) is 4.79 Å². The molecule has 1 saturated heterocycles. The van der Waals surface area contributed by atoms with E-state index in [9.17, 15) is 4.79 Å². The van der Waals surface area contributed by atoms with Crippen LogP contribution in [0.3, 0.4) is 0 Å². The van der Waals surface area contributed by atoms with Crippen molar-refractivity contribution in [2.75, 3.05) is 0 Å². The second-order valence-corrected chi connectivity index (χ2v) is 4.47. The van der Waals surface area contributed by atoms with E-state index in [-0.39, 0.29) is 11.9 Å². The number of hydrogen-bond acceptors (Lipinski definition) is 3. The molecule has 0 saturated carbocycles. The maximum atomic E-state index is 11.1. The zero-order valence-corrected chi connectivity index (χ0v) is 9.91. The second-order valence-electron chi connectivity index (χ2n) is 4.47. The van der Waals surface area contributed by atoms with Crippen LogP contribution in [-0.2, 0) is 11.2 Å². The summed E-state index contributed by atoms with van der Waals surface area (Å²) in [5.74, 6) is 0.135. The molecule has 1 amide bonds. The van der Waals surface area contributed by atoms with Crippen molar-refractivity contribution >= 4 is 5.91 Å². The minimum absolute atomic E-state index is 0.135. The molecule has 18 heavy (non-hydrogen) atoms. The number of para-hydroxylation sites is 1. The van der Waals surface area contributed by atoms with Gasteiger partial charge in [0.2, 0.25) is 5.91 Å². The number of nitrogens with one attached hydrogen (secondary N) is 1. The minimum atomic E-state index is 0.135. The van der Waals surface area contributed by atoms with Crippen molar-refractivity contribution in [3.8, 4) is 5.69 Å². The van der Waals surface area contributed by atoms with E-state index in [1.54, 1.807) is 11.0 Å². The van der Waals surface area contributed by atoms with Gasteiger partial charge in [0.15, 0.2) is 0 Å². The molecule has 0 bridgehead atoms. The van der Waals surface area contributed by atoms with Gasteiger partial charge in [0.05, 0.1) is 17.6 Å². The van der Waals surface area contributed by atoms with Gasteiger partial charge in [0.25, 0.3) is 0 Å². The molecule has 2 aromatic rings. The second kappa shape index (κ2) is 4.60. The summed E-state index contributed by atoms with van der Waals surface area (Å²) in [5, 5.41) is 11.6. The largest absolute Gasteiger partial charge is 0.353 e. The first kappa shape index (κ1) is 11.0. The van der Waals surface area contributed by atoms with Gasteiger partial charge in [-0.05, 0) is 18.6 Å². The predicted molar refractivity (Wildman–Crippen MR) is 66.2 cm³/mol.